The first kappa shape index (κ1) is 14.6. The van der Waals surface area contributed by atoms with Crippen LogP contribution in [-0.4, -0.2) is 32.2 Å². The lowest BCUT2D eigenvalue weighted by Crippen LogP contribution is -2.10. The Bertz CT molecular complexity index is 654. The molecule has 0 saturated carbocycles. The molecule has 0 spiro atoms. The molecule has 0 unspecified atom stereocenters. The van der Waals surface area contributed by atoms with Gasteiger partial charge in [-0.2, -0.15) is 5.11 Å². The first-order chi connectivity index (χ1) is 10.1. The van der Waals surface area contributed by atoms with Gasteiger partial charge in [-0.05, 0) is 30.3 Å². The summed E-state index contributed by atoms with van der Waals surface area (Å²) in [7, 11) is 5.14. The highest BCUT2D eigenvalue weighted by molar-refractivity contribution is 5.96. The molecule has 0 saturated heterocycles. The van der Waals surface area contributed by atoms with E-state index in [2.05, 4.69) is 15.2 Å². The van der Waals surface area contributed by atoms with Crippen molar-refractivity contribution in [2.75, 3.05) is 26.1 Å². The van der Waals surface area contributed by atoms with Gasteiger partial charge in [0.1, 0.15) is 5.69 Å². The number of pyridine rings is 1. The van der Waals surface area contributed by atoms with Crippen molar-refractivity contribution in [3.8, 4) is 0 Å². The molecule has 0 amide bonds. The number of hydrogen-bond donors (Lipinski definition) is 0. The molecule has 1 aromatic heterocycles. The van der Waals surface area contributed by atoms with Crippen molar-refractivity contribution in [3.63, 3.8) is 0 Å². The lowest BCUT2D eigenvalue weighted by molar-refractivity contribution is 0.0601. The van der Waals surface area contributed by atoms with Crippen LogP contribution in [0.1, 0.15) is 10.4 Å². The Hall–Kier alpha value is -2.76. The number of nitrogens with zero attached hydrogens (tertiary/aromatic N) is 4. The van der Waals surface area contributed by atoms with Crippen molar-refractivity contribution in [1.29, 1.82) is 0 Å². The first-order valence-electron chi connectivity index (χ1n) is 6.33. The Kier molecular flexibility index (Phi) is 4.61. The fourth-order valence-corrected chi connectivity index (χ4v) is 1.69. The quantitative estimate of drug-likeness (QED) is 0.638. The largest absolute Gasteiger partial charge is 0.465 e. The van der Waals surface area contributed by atoms with Crippen molar-refractivity contribution in [2.24, 2.45) is 10.2 Å². The van der Waals surface area contributed by atoms with Crippen molar-refractivity contribution < 1.29 is 9.53 Å². The molecule has 0 N–H and O–H groups in total. The van der Waals surface area contributed by atoms with Gasteiger partial charge in [0.05, 0.1) is 18.4 Å². The molecule has 1 heterocycles. The molecule has 108 valence electrons. The molecule has 6 nitrogen and oxygen atoms in total. The first-order valence-corrected chi connectivity index (χ1v) is 6.33. The number of azo groups is 1. The number of carbonyl (C=O) groups excluding carboxylic acids is 1. The van der Waals surface area contributed by atoms with Gasteiger partial charge in [0.2, 0.25) is 0 Å². The van der Waals surface area contributed by atoms with E-state index in [0.717, 1.165) is 5.69 Å². The maximum atomic E-state index is 11.9. The van der Waals surface area contributed by atoms with Gasteiger partial charge in [-0.3, -0.25) is 4.98 Å². The Labute approximate surface area is 123 Å². The zero-order chi connectivity index (χ0) is 15.2. The third-order valence-corrected chi connectivity index (χ3v) is 2.84. The number of rotatable bonds is 4. The van der Waals surface area contributed by atoms with Crippen molar-refractivity contribution >= 4 is 23.0 Å². The second-order valence-electron chi connectivity index (χ2n) is 4.49. The molecule has 0 atom stereocenters. The van der Waals surface area contributed by atoms with E-state index in [1.165, 1.54) is 7.11 Å². The van der Waals surface area contributed by atoms with Crippen molar-refractivity contribution in [3.05, 3.63) is 48.3 Å². The maximum absolute atomic E-state index is 11.9. The average Bonchev–Trinajstić information content (AvgIpc) is 2.52. The third-order valence-electron chi connectivity index (χ3n) is 2.84. The molecule has 2 aromatic rings. The topological polar surface area (TPSA) is 67.2 Å². The van der Waals surface area contributed by atoms with Crippen LogP contribution in [0.4, 0.5) is 17.1 Å². The number of esters is 1. The molecule has 0 aliphatic heterocycles. The number of benzene rings is 1. The van der Waals surface area contributed by atoms with E-state index in [1.807, 2.05) is 25.1 Å². The minimum Gasteiger partial charge on any atom is -0.465 e. The summed E-state index contributed by atoms with van der Waals surface area (Å²) in [4.78, 5) is 17.7. The number of aromatic nitrogens is 1. The summed E-state index contributed by atoms with van der Waals surface area (Å²) in [5, 5.41) is 8.22. The van der Waals surface area contributed by atoms with Crippen LogP contribution in [-0.2, 0) is 4.74 Å². The van der Waals surface area contributed by atoms with E-state index in [9.17, 15) is 4.79 Å². The van der Waals surface area contributed by atoms with Crippen LogP contribution in [0.2, 0.25) is 0 Å². The normalized spacial score (nSPS) is 10.6. The highest BCUT2D eigenvalue weighted by atomic mass is 16.5. The smallest absolute Gasteiger partial charge is 0.340 e. The molecule has 6 heteroatoms. The summed E-state index contributed by atoms with van der Waals surface area (Å²) in [6.07, 6.45) is 3.26. The van der Waals surface area contributed by atoms with E-state index in [-0.39, 0.29) is 0 Å². The van der Waals surface area contributed by atoms with Gasteiger partial charge in [0.15, 0.2) is 0 Å². The van der Waals surface area contributed by atoms with Crippen LogP contribution in [0.3, 0.4) is 0 Å². The molecule has 0 aliphatic rings. The number of ether oxygens (including phenoxy) is 1. The molecule has 0 fully saturated rings. The van der Waals surface area contributed by atoms with Gasteiger partial charge in [-0.25, -0.2) is 4.79 Å². The molecule has 0 radical (unpaired) electrons. The van der Waals surface area contributed by atoms with Crippen LogP contribution < -0.4 is 4.90 Å². The van der Waals surface area contributed by atoms with Crippen LogP contribution in [0.25, 0.3) is 0 Å². The van der Waals surface area contributed by atoms with Gasteiger partial charge < -0.3 is 9.64 Å². The fraction of sp³-hybridized carbons (Fsp3) is 0.200. The maximum Gasteiger partial charge on any atom is 0.340 e. The van der Waals surface area contributed by atoms with E-state index >= 15 is 0 Å². The van der Waals surface area contributed by atoms with Gasteiger partial charge in [0, 0.05) is 32.2 Å². The average molecular weight is 284 g/mol. The van der Waals surface area contributed by atoms with Crippen LogP contribution in [0.5, 0.6) is 0 Å². The number of methoxy groups -OCH3 is 1. The van der Waals surface area contributed by atoms with Crippen LogP contribution in [0, 0.1) is 0 Å². The van der Waals surface area contributed by atoms with Crippen molar-refractivity contribution in [1.82, 2.24) is 4.98 Å². The lowest BCUT2D eigenvalue weighted by atomic mass is 10.1. The predicted octanol–water partition coefficient (Wildman–Crippen LogP) is 3.35. The zero-order valence-corrected chi connectivity index (χ0v) is 12.1. The molecule has 1 aromatic carbocycles. The molecular weight excluding hydrogens is 268 g/mol. The predicted molar refractivity (Wildman–Crippen MR) is 80.5 cm³/mol. The number of carbonyl (C=O) groups is 1. The number of hydrogen-bond acceptors (Lipinski definition) is 6. The SMILES string of the molecule is COC(=O)c1cc(N(C)C)ccc1N=Nc1ccncc1. The Morgan fingerprint density at radius 2 is 1.86 bits per heavy atom. The highest BCUT2D eigenvalue weighted by Gasteiger charge is 2.13. The summed E-state index contributed by atoms with van der Waals surface area (Å²) >= 11 is 0. The molecule has 21 heavy (non-hydrogen) atoms. The second-order valence-corrected chi connectivity index (χ2v) is 4.49. The van der Waals surface area contributed by atoms with Gasteiger partial charge in [0.25, 0.3) is 0 Å². The Balaban J connectivity index is 2.38. The van der Waals surface area contributed by atoms with Crippen LogP contribution in [0.15, 0.2) is 53.0 Å². The van der Waals surface area contributed by atoms with Gasteiger partial charge >= 0.3 is 5.97 Å². The molecule has 2 rings (SSSR count). The summed E-state index contributed by atoms with van der Waals surface area (Å²) in [6.45, 7) is 0. The molecule has 0 aliphatic carbocycles. The monoisotopic (exact) mass is 284 g/mol. The minimum atomic E-state index is -0.442. The van der Waals surface area contributed by atoms with Crippen molar-refractivity contribution in [2.45, 2.75) is 0 Å². The number of anilines is 1. The summed E-state index contributed by atoms with van der Waals surface area (Å²) in [5.74, 6) is -0.442. The van der Waals surface area contributed by atoms with Gasteiger partial charge in [-0.15, -0.1) is 5.11 Å². The van der Waals surface area contributed by atoms with Crippen LogP contribution >= 0.6 is 0 Å². The summed E-state index contributed by atoms with van der Waals surface area (Å²) in [5.41, 5.74) is 2.39. The fourth-order valence-electron chi connectivity index (χ4n) is 1.69. The highest BCUT2D eigenvalue weighted by Crippen LogP contribution is 2.27. The lowest BCUT2D eigenvalue weighted by Gasteiger charge is -2.14. The summed E-state index contributed by atoms with van der Waals surface area (Å²) < 4.78 is 4.79. The Morgan fingerprint density at radius 1 is 1.14 bits per heavy atom. The zero-order valence-electron chi connectivity index (χ0n) is 12.1. The van der Waals surface area contributed by atoms with Gasteiger partial charge in [-0.1, -0.05) is 0 Å². The second kappa shape index (κ2) is 6.60. The van der Waals surface area contributed by atoms with E-state index in [1.54, 1.807) is 36.7 Å². The van der Waals surface area contributed by atoms with E-state index in [0.29, 0.717) is 16.9 Å². The third kappa shape index (κ3) is 3.62. The standard InChI is InChI=1S/C15H16N4O2/c1-19(2)12-4-5-14(13(10-12)15(20)21-3)18-17-11-6-8-16-9-7-11/h4-10H,1-3H3. The van der Waals surface area contributed by atoms with E-state index in [4.69, 9.17) is 4.74 Å². The Morgan fingerprint density at radius 3 is 2.48 bits per heavy atom. The van der Waals surface area contributed by atoms with E-state index < -0.39 is 5.97 Å². The molecule has 0 bridgehead atoms. The molecular formula is C15H16N4O2. The summed E-state index contributed by atoms with van der Waals surface area (Å²) in [6, 6.07) is 8.80. The minimum absolute atomic E-state index is 0.376.